The molecule has 4 aromatic rings. The summed E-state index contributed by atoms with van der Waals surface area (Å²) in [5.41, 5.74) is 4.38. The maximum absolute atomic E-state index is 12.7. The summed E-state index contributed by atoms with van der Waals surface area (Å²) in [7, 11) is 3.19. The van der Waals surface area contributed by atoms with E-state index in [-0.39, 0.29) is 11.1 Å². The van der Waals surface area contributed by atoms with Gasteiger partial charge in [0.05, 0.1) is 32.8 Å². The Kier molecular flexibility index (Phi) is 7.27. The number of allylic oxidation sites excluding steroid dienone is 1. The van der Waals surface area contributed by atoms with E-state index in [2.05, 4.69) is 10.3 Å². The van der Waals surface area contributed by atoms with Crippen molar-refractivity contribution in [2.24, 2.45) is 0 Å². The van der Waals surface area contributed by atoms with Gasteiger partial charge in [-0.25, -0.2) is 4.98 Å². The summed E-state index contributed by atoms with van der Waals surface area (Å²) in [6.07, 6.45) is 4.76. The largest absolute Gasteiger partial charge is 0.493 e. The first-order chi connectivity index (χ1) is 16.9. The second kappa shape index (κ2) is 10.5. The normalized spacial score (nSPS) is 11.4. The second-order valence-electron chi connectivity index (χ2n) is 7.66. The Morgan fingerprint density at radius 3 is 2.63 bits per heavy atom. The van der Waals surface area contributed by atoms with Crippen molar-refractivity contribution >= 4 is 39.7 Å². The van der Waals surface area contributed by atoms with Crippen molar-refractivity contribution in [1.82, 2.24) is 4.98 Å². The molecule has 2 aromatic heterocycles. The van der Waals surface area contributed by atoms with Crippen LogP contribution in [0, 0.1) is 0 Å². The Hall–Kier alpha value is -3.97. The number of nitrogens with one attached hydrogen (secondary N) is 1. The lowest BCUT2D eigenvalue weighted by Gasteiger charge is -2.12. The topological polar surface area (TPSA) is 82.8 Å². The third-order valence-electron chi connectivity index (χ3n) is 5.46. The number of anilines is 1. The number of aromatic nitrogens is 1. The van der Waals surface area contributed by atoms with Crippen molar-refractivity contribution < 1.29 is 23.4 Å². The minimum atomic E-state index is -0.327. The van der Waals surface area contributed by atoms with Gasteiger partial charge in [-0.3, -0.25) is 4.79 Å². The number of methoxy groups -OCH3 is 2. The van der Waals surface area contributed by atoms with Crippen molar-refractivity contribution in [2.75, 3.05) is 26.1 Å². The molecule has 0 atom stereocenters. The number of benzene rings is 2. The number of fused-ring (bicyclic) bond motifs is 1. The third-order valence-corrected chi connectivity index (χ3v) is 5.76. The molecule has 0 bridgehead atoms. The number of carbonyl (C=O) groups is 1. The third kappa shape index (κ3) is 5.10. The number of hydrogen-bond donors (Lipinski definition) is 1. The zero-order valence-corrected chi connectivity index (χ0v) is 20.6. The van der Waals surface area contributed by atoms with Crippen LogP contribution in [-0.2, 0) is 4.79 Å². The lowest BCUT2D eigenvalue weighted by molar-refractivity contribution is -0.111. The number of carbonyl (C=O) groups excluding carboxylic acids is 1. The molecule has 1 amide bonds. The van der Waals surface area contributed by atoms with Crippen LogP contribution in [0.4, 0.5) is 5.69 Å². The predicted octanol–water partition coefficient (Wildman–Crippen LogP) is 6.61. The van der Waals surface area contributed by atoms with Crippen LogP contribution in [0.2, 0.25) is 5.15 Å². The molecule has 180 valence electrons. The van der Waals surface area contributed by atoms with Gasteiger partial charge in [-0.15, -0.1) is 0 Å². The van der Waals surface area contributed by atoms with Crippen molar-refractivity contribution in [3.05, 3.63) is 71.7 Å². The highest BCUT2D eigenvalue weighted by Crippen LogP contribution is 2.40. The Labute approximate surface area is 208 Å². The Balaban J connectivity index is 1.75. The molecule has 0 radical (unpaired) electrons. The summed E-state index contributed by atoms with van der Waals surface area (Å²) in [4.78, 5) is 16.7. The molecule has 8 heteroatoms. The second-order valence-corrected chi connectivity index (χ2v) is 8.01. The first-order valence-electron chi connectivity index (χ1n) is 11.0. The van der Waals surface area contributed by atoms with Gasteiger partial charge >= 0.3 is 0 Å². The Morgan fingerprint density at radius 1 is 1.11 bits per heavy atom. The number of furan rings is 1. The molecule has 0 fully saturated rings. The highest BCUT2D eigenvalue weighted by molar-refractivity contribution is 6.32. The lowest BCUT2D eigenvalue weighted by atomic mass is 9.99. The minimum Gasteiger partial charge on any atom is -0.493 e. The number of ether oxygens (including phenoxy) is 3. The molecular weight excluding hydrogens is 468 g/mol. The molecule has 0 aliphatic heterocycles. The van der Waals surface area contributed by atoms with Gasteiger partial charge in [-0.1, -0.05) is 17.7 Å². The smallest absolute Gasteiger partial charge is 0.248 e. The van der Waals surface area contributed by atoms with E-state index in [1.165, 1.54) is 6.08 Å². The fraction of sp³-hybridized carbons (Fsp3) is 0.185. The summed E-state index contributed by atoms with van der Waals surface area (Å²) < 4.78 is 22.5. The molecule has 4 rings (SSSR count). The highest BCUT2D eigenvalue weighted by Gasteiger charge is 2.17. The Bertz CT molecular complexity index is 1410. The molecule has 0 saturated carbocycles. The Morgan fingerprint density at radius 2 is 1.91 bits per heavy atom. The molecule has 1 N–H and O–H groups in total. The zero-order chi connectivity index (χ0) is 24.9. The van der Waals surface area contributed by atoms with E-state index in [9.17, 15) is 4.79 Å². The quantitative estimate of drug-likeness (QED) is 0.220. The standard InChI is InChI=1S/C27H25ClN2O5/c1-5-34-23-14-24-19(20(15-35-24)17-8-9-22(32-3)25(12-17)33-4)13-18(23)16(2)11-26(31)30-21-7-6-10-29-27(21)28/h6-15H,5H2,1-4H3,(H,30,31)/b16-11+. The van der Waals surface area contributed by atoms with E-state index < -0.39 is 0 Å². The van der Waals surface area contributed by atoms with Crippen LogP contribution < -0.4 is 19.5 Å². The fourth-order valence-corrected chi connectivity index (χ4v) is 3.95. The summed E-state index contributed by atoms with van der Waals surface area (Å²) >= 11 is 6.06. The van der Waals surface area contributed by atoms with Gasteiger partial charge in [0, 0.05) is 34.9 Å². The molecular formula is C27H25ClN2O5. The van der Waals surface area contributed by atoms with Gasteiger partial charge in [0.15, 0.2) is 16.7 Å². The van der Waals surface area contributed by atoms with Gasteiger partial charge in [0.1, 0.15) is 11.3 Å². The monoisotopic (exact) mass is 492 g/mol. The minimum absolute atomic E-state index is 0.223. The predicted molar refractivity (Wildman–Crippen MR) is 137 cm³/mol. The van der Waals surface area contributed by atoms with Crippen LogP contribution in [0.3, 0.4) is 0 Å². The van der Waals surface area contributed by atoms with E-state index in [0.717, 1.165) is 22.1 Å². The maximum atomic E-state index is 12.7. The molecule has 0 unspecified atom stereocenters. The van der Waals surface area contributed by atoms with Crippen molar-refractivity contribution in [3.63, 3.8) is 0 Å². The van der Waals surface area contributed by atoms with E-state index in [0.29, 0.717) is 40.7 Å². The fourth-order valence-electron chi connectivity index (χ4n) is 3.79. The van der Waals surface area contributed by atoms with Crippen molar-refractivity contribution in [1.29, 1.82) is 0 Å². The zero-order valence-electron chi connectivity index (χ0n) is 19.8. The van der Waals surface area contributed by atoms with Gasteiger partial charge < -0.3 is 23.9 Å². The summed E-state index contributed by atoms with van der Waals surface area (Å²) in [5, 5.41) is 3.86. The first kappa shape index (κ1) is 24.2. The average molecular weight is 493 g/mol. The molecule has 2 aromatic carbocycles. The molecule has 35 heavy (non-hydrogen) atoms. The molecule has 2 heterocycles. The molecule has 0 spiro atoms. The number of hydrogen-bond acceptors (Lipinski definition) is 6. The summed E-state index contributed by atoms with van der Waals surface area (Å²) in [6, 6.07) is 12.9. The number of pyridine rings is 1. The molecule has 0 aliphatic rings. The summed E-state index contributed by atoms with van der Waals surface area (Å²) in [6.45, 7) is 4.22. The van der Waals surface area contributed by atoms with E-state index in [1.54, 1.807) is 38.8 Å². The van der Waals surface area contributed by atoms with E-state index in [1.807, 2.05) is 44.2 Å². The van der Waals surface area contributed by atoms with Crippen LogP contribution in [0.1, 0.15) is 19.4 Å². The first-order valence-corrected chi connectivity index (χ1v) is 11.3. The SMILES string of the molecule is CCOc1cc2occ(-c3ccc(OC)c(OC)c3)c2cc1/C(C)=C/C(=O)Nc1cccnc1Cl. The van der Waals surface area contributed by atoms with Crippen molar-refractivity contribution in [2.45, 2.75) is 13.8 Å². The van der Waals surface area contributed by atoms with E-state index in [4.69, 9.17) is 30.2 Å². The number of halogens is 1. The van der Waals surface area contributed by atoms with Crippen LogP contribution in [-0.4, -0.2) is 31.7 Å². The molecule has 0 saturated heterocycles. The van der Waals surface area contributed by atoms with Crippen LogP contribution in [0.25, 0.3) is 27.7 Å². The highest BCUT2D eigenvalue weighted by atomic mass is 35.5. The lowest BCUT2D eigenvalue weighted by Crippen LogP contribution is -2.09. The van der Waals surface area contributed by atoms with Gasteiger partial charge in [0.25, 0.3) is 0 Å². The number of rotatable bonds is 8. The van der Waals surface area contributed by atoms with Crippen LogP contribution in [0.5, 0.6) is 17.2 Å². The van der Waals surface area contributed by atoms with Crippen LogP contribution >= 0.6 is 11.6 Å². The number of nitrogens with zero attached hydrogens (tertiary/aromatic N) is 1. The van der Waals surface area contributed by atoms with Gasteiger partial charge in [0.2, 0.25) is 5.91 Å². The van der Waals surface area contributed by atoms with Gasteiger partial charge in [-0.2, -0.15) is 0 Å². The van der Waals surface area contributed by atoms with E-state index >= 15 is 0 Å². The molecule has 0 aliphatic carbocycles. The number of amides is 1. The van der Waals surface area contributed by atoms with Crippen LogP contribution in [0.15, 0.2) is 65.4 Å². The maximum Gasteiger partial charge on any atom is 0.248 e. The summed E-state index contributed by atoms with van der Waals surface area (Å²) in [5.74, 6) is 1.55. The molecule has 7 nitrogen and oxygen atoms in total. The average Bonchev–Trinajstić information content (AvgIpc) is 3.27. The van der Waals surface area contributed by atoms with Crippen molar-refractivity contribution in [3.8, 4) is 28.4 Å². The van der Waals surface area contributed by atoms with Gasteiger partial charge in [-0.05, 0) is 55.3 Å².